The van der Waals surface area contributed by atoms with Gasteiger partial charge in [0.2, 0.25) is 0 Å². The largest absolute Gasteiger partial charge is 0.493 e. The molecular formula is C24H28N8O8S. The van der Waals surface area contributed by atoms with E-state index in [4.69, 9.17) is 20.3 Å². The normalized spacial score (nSPS) is 11.8. The number of thiazole rings is 1. The standard InChI is InChI=1S/C24H28N8O8S/c1-39-18-11-14(22-28-15-5-2-3-7-19(15)41-22)8-9-17(18)40-13-21(34)30-29-20(33)12-27-24(25)26-10-4-6-16(23(35)36)31-32(37)38/h2-3,5,7-9,11,16,31H,4,6,10,12-13H2,1H3,(H,29,33)(H,30,34)(H,35,36)(H3,25,26,27)/t16-/m0/s1. The number of rotatable bonds is 14. The Hall–Kier alpha value is -5.19. The first-order valence-electron chi connectivity index (χ1n) is 12.1. The maximum absolute atomic E-state index is 12.1. The van der Waals surface area contributed by atoms with Gasteiger partial charge in [-0.05, 0) is 43.2 Å². The molecule has 7 N–H and O–H groups in total. The topological polar surface area (TPSA) is 232 Å². The van der Waals surface area contributed by atoms with Crippen molar-refractivity contribution in [3.63, 3.8) is 0 Å². The van der Waals surface area contributed by atoms with Crippen LogP contribution in [0.15, 0.2) is 47.5 Å². The number of aliphatic carboxylic acids is 1. The summed E-state index contributed by atoms with van der Waals surface area (Å²) in [4.78, 5) is 53.8. The minimum Gasteiger partial charge on any atom is -0.493 e. The maximum Gasteiger partial charge on any atom is 0.332 e. The smallest absolute Gasteiger partial charge is 0.332 e. The number of aromatic nitrogens is 1. The lowest BCUT2D eigenvalue weighted by Crippen LogP contribution is -2.45. The molecule has 0 aliphatic carbocycles. The van der Waals surface area contributed by atoms with E-state index in [1.165, 1.54) is 7.11 Å². The molecule has 41 heavy (non-hydrogen) atoms. The first-order valence-corrected chi connectivity index (χ1v) is 12.9. The summed E-state index contributed by atoms with van der Waals surface area (Å²) in [6, 6.07) is 11.7. The van der Waals surface area contributed by atoms with E-state index in [1.54, 1.807) is 35.0 Å². The number of nitrogens with zero attached hydrogens (tertiary/aromatic N) is 3. The van der Waals surface area contributed by atoms with Crippen molar-refractivity contribution >= 4 is 45.3 Å². The molecule has 1 atom stereocenters. The quantitative estimate of drug-likeness (QED) is 0.0494. The van der Waals surface area contributed by atoms with Crippen molar-refractivity contribution in [2.45, 2.75) is 18.9 Å². The Kier molecular flexibility index (Phi) is 11.0. The number of nitro groups is 1. The van der Waals surface area contributed by atoms with Crippen LogP contribution in [0.25, 0.3) is 20.8 Å². The van der Waals surface area contributed by atoms with Crippen LogP contribution < -0.4 is 36.8 Å². The number of nitrogens with two attached hydrogens (primary N) is 1. The zero-order valence-electron chi connectivity index (χ0n) is 21.8. The Labute approximate surface area is 237 Å². The maximum atomic E-state index is 12.1. The average molecular weight is 589 g/mol. The van der Waals surface area contributed by atoms with Crippen molar-refractivity contribution in [3.8, 4) is 22.1 Å². The molecule has 0 aliphatic rings. The molecule has 0 fully saturated rings. The van der Waals surface area contributed by atoms with Crippen molar-refractivity contribution < 1.29 is 34.0 Å². The van der Waals surface area contributed by atoms with Gasteiger partial charge in [0, 0.05) is 12.1 Å². The highest BCUT2D eigenvalue weighted by Gasteiger charge is 2.21. The first kappa shape index (κ1) is 30.4. The van der Waals surface area contributed by atoms with E-state index >= 15 is 0 Å². The number of fused-ring (bicyclic) bond motifs is 1. The molecule has 1 heterocycles. The van der Waals surface area contributed by atoms with Gasteiger partial charge >= 0.3 is 5.97 Å². The average Bonchev–Trinajstić information content (AvgIpc) is 3.39. The fourth-order valence-electron chi connectivity index (χ4n) is 3.38. The zero-order chi connectivity index (χ0) is 29.8. The van der Waals surface area contributed by atoms with Crippen molar-refractivity contribution in [2.75, 3.05) is 26.8 Å². The molecular weight excluding hydrogens is 560 g/mol. The second-order valence-electron chi connectivity index (χ2n) is 8.28. The summed E-state index contributed by atoms with van der Waals surface area (Å²) in [7, 11) is 1.48. The Balaban J connectivity index is 1.39. The summed E-state index contributed by atoms with van der Waals surface area (Å²) < 4.78 is 12.0. The van der Waals surface area contributed by atoms with Gasteiger partial charge in [-0.1, -0.05) is 12.1 Å². The third kappa shape index (κ3) is 9.50. The Bertz CT molecular complexity index is 1400. The number of para-hydroxylation sites is 1. The number of carbonyl (C=O) groups excluding carboxylic acids is 2. The summed E-state index contributed by atoms with van der Waals surface area (Å²) in [5.74, 6) is -2.03. The summed E-state index contributed by atoms with van der Waals surface area (Å²) in [5.41, 5.74) is 13.4. The summed E-state index contributed by atoms with van der Waals surface area (Å²) in [6.45, 7) is -0.659. The molecule has 0 aliphatic heterocycles. The number of hydrazine groups is 2. The minimum atomic E-state index is -1.36. The van der Waals surface area contributed by atoms with Gasteiger partial charge in [0.1, 0.15) is 11.6 Å². The Morgan fingerprint density at radius 2 is 1.93 bits per heavy atom. The van der Waals surface area contributed by atoms with Crippen molar-refractivity contribution in [2.24, 2.45) is 10.7 Å². The van der Waals surface area contributed by atoms with Crippen LogP contribution in [0.3, 0.4) is 0 Å². The molecule has 2 amide bonds. The molecule has 0 radical (unpaired) electrons. The fourth-order valence-corrected chi connectivity index (χ4v) is 4.34. The molecule has 0 saturated heterocycles. The van der Waals surface area contributed by atoms with Gasteiger partial charge in [-0.2, -0.15) is 0 Å². The van der Waals surface area contributed by atoms with Gasteiger partial charge in [0.25, 0.3) is 11.8 Å². The van der Waals surface area contributed by atoms with Crippen molar-refractivity contribution in [3.05, 3.63) is 52.6 Å². The fraction of sp³-hybridized carbons (Fsp3) is 0.292. The van der Waals surface area contributed by atoms with E-state index in [0.717, 1.165) is 20.8 Å². The van der Waals surface area contributed by atoms with Crippen LogP contribution >= 0.6 is 11.3 Å². The number of hydrogen-bond acceptors (Lipinski definition) is 10. The number of hydrogen-bond donors (Lipinski definition) is 6. The lowest BCUT2D eigenvalue weighted by Gasteiger charge is -2.12. The zero-order valence-corrected chi connectivity index (χ0v) is 22.6. The van der Waals surface area contributed by atoms with E-state index in [9.17, 15) is 24.5 Å². The van der Waals surface area contributed by atoms with E-state index < -0.39 is 42.0 Å². The molecule has 17 heteroatoms. The number of methoxy groups -OCH3 is 1. The molecule has 0 spiro atoms. The summed E-state index contributed by atoms with van der Waals surface area (Å²) >= 11 is 1.54. The lowest BCUT2D eigenvalue weighted by molar-refractivity contribution is -0.549. The van der Waals surface area contributed by atoms with Gasteiger partial charge < -0.3 is 25.6 Å². The number of carboxylic acid groups (broad SMARTS) is 1. The highest BCUT2D eigenvalue weighted by molar-refractivity contribution is 7.21. The van der Waals surface area contributed by atoms with Crippen LogP contribution in [0, 0.1) is 10.1 Å². The molecule has 1 aromatic heterocycles. The number of nitrogens with one attached hydrogen (secondary N) is 4. The van der Waals surface area contributed by atoms with E-state index in [0.29, 0.717) is 11.5 Å². The molecule has 218 valence electrons. The van der Waals surface area contributed by atoms with Gasteiger partial charge in [-0.25, -0.2) is 24.9 Å². The Morgan fingerprint density at radius 1 is 1.17 bits per heavy atom. The number of carbonyl (C=O) groups is 3. The van der Waals surface area contributed by atoms with E-state index in [2.05, 4.69) is 26.1 Å². The van der Waals surface area contributed by atoms with Crippen LogP contribution in [0.5, 0.6) is 11.5 Å². The van der Waals surface area contributed by atoms with Crippen molar-refractivity contribution in [1.29, 1.82) is 0 Å². The second kappa shape index (κ2) is 14.8. The first-order chi connectivity index (χ1) is 19.7. The van der Waals surface area contributed by atoms with Crippen LogP contribution in [0.4, 0.5) is 0 Å². The van der Waals surface area contributed by atoms with Crippen LogP contribution in [0.2, 0.25) is 0 Å². The number of benzene rings is 2. The van der Waals surface area contributed by atoms with Gasteiger partial charge in [-0.3, -0.25) is 20.4 Å². The number of amides is 2. The number of ether oxygens (including phenoxy) is 2. The predicted molar refractivity (Wildman–Crippen MR) is 149 cm³/mol. The summed E-state index contributed by atoms with van der Waals surface area (Å²) in [6.07, 6.45) is 0.191. The molecule has 3 rings (SSSR count). The second-order valence-corrected chi connectivity index (χ2v) is 9.32. The van der Waals surface area contributed by atoms with Gasteiger partial charge in [0.05, 0.1) is 17.3 Å². The van der Waals surface area contributed by atoms with Gasteiger partial charge in [-0.15, -0.1) is 16.8 Å². The number of aliphatic imine (C=N–C) groups is 1. The third-order valence-corrected chi connectivity index (χ3v) is 6.42. The molecule has 3 aromatic rings. The highest BCUT2D eigenvalue weighted by Crippen LogP contribution is 2.35. The minimum absolute atomic E-state index is 0.0373. The molecule has 0 saturated carbocycles. The van der Waals surface area contributed by atoms with Crippen LogP contribution in [0.1, 0.15) is 12.8 Å². The van der Waals surface area contributed by atoms with Crippen molar-refractivity contribution in [1.82, 2.24) is 26.6 Å². The lowest BCUT2D eigenvalue weighted by atomic mass is 10.1. The third-order valence-electron chi connectivity index (χ3n) is 5.33. The highest BCUT2D eigenvalue weighted by atomic mass is 32.1. The van der Waals surface area contributed by atoms with Gasteiger partial charge in [0.15, 0.2) is 35.1 Å². The monoisotopic (exact) mass is 588 g/mol. The van der Waals surface area contributed by atoms with E-state index in [1.807, 2.05) is 24.3 Å². The van der Waals surface area contributed by atoms with E-state index in [-0.39, 0.29) is 25.3 Å². The SMILES string of the molecule is COc1cc(-c2nc3ccccc3s2)ccc1OCC(=O)NNC(=O)CN=C(N)NCCC[C@H](N[N+](=O)[O-])C(=O)O. The Morgan fingerprint density at radius 3 is 2.63 bits per heavy atom. The van der Waals surface area contributed by atoms with Crippen LogP contribution in [-0.4, -0.2) is 71.7 Å². The molecule has 2 aromatic carbocycles. The predicted octanol–water partition coefficient (Wildman–Crippen LogP) is 0.417. The molecule has 0 bridgehead atoms. The summed E-state index contributed by atoms with van der Waals surface area (Å²) in [5, 5.41) is 21.9. The van der Waals surface area contributed by atoms with Crippen LogP contribution in [-0.2, 0) is 14.4 Å². The number of carboxylic acids is 1. The molecule has 0 unspecified atom stereocenters. The molecule has 16 nitrogen and oxygen atoms in total. The number of guanidine groups is 1.